The van der Waals surface area contributed by atoms with Gasteiger partial charge in [-0.05, 0) is 56.0 Å². The van der Waals surface area contributed by atoms with Crippen LogP contribution in [0, 0.1) is 5.41 Å². The van der Waals surface area contributed by atoms with Crippen molar-refractivity contribution >= 4 is 0 Å². The molecule has 1 fully saturated rings. The minimum absolute atomic E-state index is 0.411. The normalized spacial score (nSPS) is 20.2. The fourth-order valence-corrected chi connectivity index (χ4v) is 2.93. The van der Waals surface area contributed by atoms with Crippen LogP contribution in [-0.2, 0) is 0 Å². The number of likely N-dealkylation sites (tertiary alicyclic amines) is 1. The van der Waals surface area contributed by atoms with E-state index >= 15 is 0 Å². The van der Waals surface area contributed by atoms with E-state index in [0.717, 1.165) is 30.9 Å². The Morgan fingerprint density at radius 2 is 1.81 bits per heavy atom. The molecule has 1 aromatic carbocycles. The Morgan fingerprint density at radius 1 is 1.19 bits per heavy atom. The van der Waals surface area contributed by atoms with Crippen molar-refractivity contribution in [1.29, 1.82) is 0 Å². The number of benzene rings is 1. The third-order valence-corrected chi connectivity index (χ3v) is 4.92. The van der Waals surface area contributed by atoms with Gasteiger partial charge in [0, 0.05) is 6.54 Å². The number of ether oxygens (including phenoxy) is 1. The van der Waals surface area contributed by atoms with Crippen molar-refractivity contribution in [2.45, 2.75) is 46.1 Å². The molecule has 1 saturated heterocycles. The third kappa shape index (κ3) is 4.45. The molecule has 1 aromatic rings. The fourth-order valence-electron chi connectivity index (χ4n) is 2.93. The molecule has 0 amide bonds. The number of piperidine rings is 1. The van der Waals surface area contributed by atoms with E-state index in [0.29, 0.717) is 12.0 Å². The van der Waals surface area contributed by atoms with Gasteiger partial charge in [-0.15, -0.1) is 0 Å². The minimum atomic E-state index is -0.411. The minimum Gasteiger partial charge on any atom is -0.494 e. The number of hydrogen-bond acceptors (Lipinski definition) is 3. The maximum absolute atomic E-state index is 10.4. The summed E-state index contributed by atoms with van der Waals surface area (Å²) in [6.07, 6.45) is 3.31. The van der Waals surface area contributed by atoms with Gasteiger partial charge >= 0.3 is 0 Å². The molecule has 1 heterocycles. The van der Waals surface area contributed by atoms with Gasteiger partial charge in [-0.25, -0.2) is 0 Å². The van der Waals surface area contributed by atoms with Crippen LogP contribution in [0.1, 0.15) is 51.7 Å². The van der Waals surface area contributed by atoms with E-state index in [2.05, 4.69) is 18.7 Å². The van der Waals surface area contributed by atoms with E-state index < -0.39 is 6.10 Å². The Bertz CT molecular complexity index is 421. The molecule has 1 aliphatic rings. The lowest BCUT2D eigenvalue weighted by Crippen LogP contribution is -2.40. The van der Waals surface area contributed by atoms with Crippen LogP contribution in [0.3, 0.4) is 0 Å². The van der Waals surface area contributed by atoms with E-state index in [1.807, 2.05) is 31.2 Å². The zero-order chi connectivity index (χ0) is 15.3. The molecule has 2 rings (SSSR count). The Morgan fingerprint density at radius 3 is 2.33 bits per heavy atom. The first-order valence-corrected chi connectivity index (χ1v) is 8.19. The molecule has 0 aliphatic carbocycles. The zero-order valence-electron chi connectivity index (χ0n) is 13.6. The van der Waals surface area contributed by atoms with Gasteiger partial charge in [-0.1, -0.05) is 32.4 Å². The number of hydrogen-bond donors (Lipinski definition) is 1. The summed E-state index contributed by atoms with van der Waals surface area (Å²) in [6, 6.07) is 7.81. The summed E-state index contributed by atoms with van der Waals surface area (Å²) >= 11 is 0. The van der Waals surface area contributed by atoms with Gasteiger partial charge in [-0.3, -0.25) is 0 Å². The van der Waals surface area contributed by atoms with Crippen LogP contribution in [0.2, 0.25) is 0 Å². The van der Waals surface area contributed by atoms with Crippen molar-refractivity contribution in [2.75, 3.05) is 26.2 Å². The number of aliphatic hydroxyl groups excluding tert-OH is 1. The van der Waals surface area contributed by atoms with Crippen molar-refractivity contribution < 1.29 is 9.84 Å². The topological polar surface area (TPSA) is 32.7 Å². The molecular weight excluding hydrogens is 262 g/mol. The molecule has 3 heteroatoms. The van der Waals surface area contributed by atoms with Crippen molar-refractivity contribution in [1.82, 2.24) is 4.90 Å². The van der Waals surface area contributed by atoms with E-state index in [1.165, 1.54) is 19.3 Å². The number of rotatable bonds is 6. The molecular formula is C18H29NO2. The van der Waals surface area contributed by atoms with Crippen LogP contribution in [0.25, 0.3) is 0 Å². The van der Waals surface area contributed by atoms with Crippen molar-refractivity contribution in [3.05, 3.63) is 29.8 Å². The van der Waals surface area contributed by atoms with Gasteiger partial charge < -0.3 is 14.7 Å². The van der Waals surface area contributed by atoms with Crippen molar-refractivity contribution in [2.24, 2.45) is 5.41 Å². The van der Waals surface area contributed by atoms with Crippen LogP contribution in [0.5, 0.6) is 5.75 Å². The first-order valence-electron chi connectivity index (χ1n) is 8.19. The fraction of sp³-hybridized carbons (Fsp3) is 0.667. The van der Waals surface area contributed by atoms with Crippen LogP contribution >= 0.6 is 0 Å². The first-order chi connectivity index (χ1) is 10.1. The van der Waals surface area contributed by atoms with Crippen LogP contribution in [0.15, 0.2) is 24.3 Å². The second kappa shape index (κ2) is 7.28. The molecule has 0 aromatic heterocycles. The molecule has 1 aliphatic heterocycles. The van der Waals surface area contributed by atoms with Gasteiger partial charge in [0.1, 0.15) is 5.75 Å². The van der Waals surface area contributed by atoms with E-state index in [-0.39, 0.29) is 0 Å². The SMILES string of the molecule is CCOc1ccc(C(O)CN2CCC(C)(CC)CC2)cc1. The maximum atomic E-state index is 10.4. The number of nitrogens with zero attached hydrogens (tertiary/aromatic N) is 1. The molecule has 1 N–H and O–H groups in total. The molecule has 21 heavy (non-hydrogen) atoms. The second-order valence-corrected chi connectivity index (χ2v) is 6.48. The molecule has 1 atom stereocenters. The predicted molar refractivity (Wildman–Crippen MR) is 86.6 cm³/mol. The summed E-state index contributed by atoms with van der Waals surface area (Å²) in [7, 11) is 0. The molecule has 1 unspecified atom stereocenters. The monoisotopic (exact) mass is 291 g/mol. The summed E-state index contributed by atoms with van der Waals surface area (Å²) in [6.45, 7) is 10.2. The van der Waals surface area contributed by atoms with Crippen molar-refractivity contribution in [3.63, 3.8) is 0 Å². The Hall–Kier alpha value is -1.06. The lowest BCUT2D eigenvalue weighted by atomic mass is 9.78. The van der Waals surface area contributed by atoms with Gasteiger partial charge in [0.15, 0.2) is 0 Å². The van der Waals surface area contributed by atoms with Crippen molar-refractivity contribution in [3.8, 4) is 5.75 Å². The third-order valence-electron chi connectivity index (χ3n) is 4.92. The average Bonchev–Trinajstić information content (AvgIpc) is 2.51. The standard InChI is InChI=1S/C18H29NO2/c1-4-18(3)10-12-19(13-11-18)14-17(20)15-6-8-16(9-7-15)21-5-2/h6-9,17,20H,4-5,10-14H2,1-3H3. The quantitative estimate of drug-likeness (QED) is 0.868. The maximum Gasteiger partial charge on any atom is 0.119 e. The lowest BCUT2D eigenvalue weighted by Gasteiger charge is -2.39. The number of aliphatic hydroxyl groups is 1. The summed E-state index contributed by atoms with van der Waals surface area (Å²) in [5.74, 6) is 0.866. The smallest absolute Gasteiger partial charge is 0.119 e. The Kier molecular flexibility index (Phi) is 5.65. The van der Waals surface area contributed by atoms with Gasteiger partial charge in [-0.2, -0.15) is 0 Å². The molecule has 0 spiro atoms. The molecule has 118 valence electrons. The van der Waals surface area contributed by atoms with Gasteiger partial charge in [0.2, 0.25) is 0 Å². The highest BCUT2D eigenvalue weighted by atomic mass is 16.5. The Balaban J connectivity index is 1.85. The zero-order valence-corrected chi connectivity index (χ0v) is 13.6. The van der Waals surface area contributed by atoms with Crippen LogP contribution in [-0.4, -0.2) is 36.2 Å². The molecule has 0 saturated carbocycles. The Labute approximate surface area is 128 Å². The predicted octanol–water partition coefficient (Wildman–Crippen LogP) is 3.63. The van der Waals surface area contributed by atoms with Gasteiger partial charge in [0.25, 0.3) is 0 Å². The van der Waals surface area contributed by atoms with E-state index in [9.17, 15) is 5.11 Å². The average molecular weight is 291 g/mol. The largest absolute Gasteiger partial charge is 0.494 e. The van der Waals surface area contributed by atoms with Crippen LogP contribution in [0.4, 0.5) is 0 Å². The summed E-state index contributed by atoms with van der Waals surface area (Å²) in [4.78, 5) is 2.39. The first kappa shape index (κ1) is 16.3. The van der Waals surface area contributed by atoms with Crippen LogP contribution < -0.4 is 4.74 Å². The highest BCUT2D eigenvalue weighted by Crippen LogP contribution is 2.34. The summed E-state index contributed by atoms with van der Waals surface area (Å²) < 4.78 is 5.43. The molecule has 3 nitrogen and oxygen atoms in total. The van der Waals surface area contributed by atoms with E-state index in [1.54, 1.807) is 0 Å². The summed E-state index contributed by atoms with van der Waals surface area (Å²) in [5, 5.41) is 10.4. The lowest BCUT2D eigenvalue weighted by molar-refractivity contribution is 0.0626. The van der Waals surface area contributed by atoms with Gasteiger partial charge in [0.05, 0.1) is 12.7 Å². The molecule has 0 radical (unpaired) electrons. The second-order valence-electron chi connectivity index (χ2n) is 6.48. The highest BCUT2D eigenvalue weighted by molar-refractivity contribution is 5.28. The number of β-amino-alcohol motifs (C(OH)–C–C–N with tert-alkyl or cyclic N) is 1. The van der Waals surface area contributed by atoms with E-state index in [4.69, 9.17) is 4.74 Å². The highest BCUT2D eigenvalue weighted by Gasteiger charge is 2.29. The summed E-state index contributed by atoms with van der Waals surface area (Å²) in [5.41, 5.74) is 1.47. The molecule has 0 bridgehead atoms.